The van der Waals surface area contributed by atoms with Crippen molar-refractivity contribution < 1.29 is 14.2 Å². The molecule has 3 aromatic rings. The molecule has 0 fully saturated rings. The summed E-state index contributed by atoms with van der Waals surface area (Å²) in [5.41, 5.74) is 6.67. The summed E-state index contributed by atoms with van der Waals surface area (Å²) in [6.45, 7) is 0.801. The van der Waals surface area contributed by atoms with Crippen LogP contribution in [-0.2, 0) is 0 Å². The lowest BCUT2D eigenvalue weighted by atomic mass is 10.0. The van der Waals surface area contributed by atoms with Crippen LogP contribution < -0.4 is 19.9 Å². The van der Waals surface area contributed by atoms with Gasteiger partial charge < -0.3 is 19.9 Å². The Morgan fingerprint density at radius 2 is 1.56 bits per heavy atom. The third-order valence-corrected chi connectivity index (χ3v) is 4.01. The van der Waals surface area contributed by atoms with Crippen LogP contribution in [0.5, 0.6) is 17.2 Å². The lowest BCUT2D eigenvalue weighted by Crippen LogP contribution is -2.15. The van der Waals surface area contributed by atoms with Gasteiger partial charge in [0.1, 0.15) is 35.5 Å². The first-order valence-corrected chi connectivity index (χ1v) is 8.31. The second-order valence-corrected chi connectivity index (χ2v) is 5.84. The number of thiocarbonyl (C=S) groups is 1. The minimum absolute atomic E-state index is 0.322. The van der Waals surface area contributed by atoms with Crippen LogP contribution in [0.3, 0.4) is 0 Å². The number of hydrogen-bond donors (Lipinski definition) is 1. The molecule has 128 valence electrons. The van der Waals surface area contributed by atoms with Crippen molar-refractivity contribution in [3.63, 3.8) is 0 Å². The quantitative estimate of drug-likeness (QED) is 0.515. The van der Waals surface area contributed by atoms with E-state index in [-0.39, 0.29) is 0 Å². The van der Waals surface area contributed by atoms with E-state index >= 15 is 0 Å². The maximum atomic E-state index is 5.91. The molecule has 0 bridgehead atoms. The van der Waals surface area contributed by atoms with Crippen molar-refractivity contribution in [3.05, 3.63) is 66.2 Å². The van der Waals surface area contributed by atoms with Crippen LogP contribution in [0, 0.1) is 0 Å². The van der Waals surface area contributed by atoms with E-state index in [4.69, 9.17) is 32.2 Å². The molecule has 0 unspecified atom stereocenters. The van der Waals surface area contributed by atoms with E-state index in [0.717, 1.165) is 27.8 Å². The fraction of sp³-hybridized carbons (Fsp3) is 0.150. The summed E-state index contributed by atoms with van der Waals surface area (Å²) in [6, 6.07) is 19.3. The van der Waals surface area contributed by atoms with Gasteiger partial charge in [0.05, 0.1) is 12.7 Å². The van der Waals surface area contributed by atoms with Crippen LogP contribution in [0.15, 0.2) is 60.7 Å². The van der Waals surface area contributed by atoms with Crippen LogP contribution in [0.25, 0.3) is 10.8 Å². The molecule has 0 amide bonds. The number of ether oxygens (including phenoxy) is 3. The molecule has 0 aromatic heterocycles. The van der Waals surface area contributed by atoms with Crippen molar-refractivity contribution in [3.8, 4) is 17.2 Å². The molecule has 2 N–H and O–H groups in total. The van der Waals surface area contributed by atoms with Gasteiger partial charge in [-0.15, -0.1) is 0 Å². The van der Waals surface area contributed by atoms with Crippen LogP contribution in [0.2, 0.25) is 0 Å². The van der Waals surface area contributed by atoms with Gasteiger partial charge in [-0.1, -0.05) is 42.5 Å². The minimum atomic E-state index is 0.322. The van der Waals surface area contributed by atoms with Gasteiger partial charge in [0.2, 0.25) is 0 Å². The standard InChI is InChI=1S/C20H19NO3S/c1-22-15-7-9-16(10-8-15)23-12-13-24-18-11-6-14-4-2-3-5-17(14)19(18)20(21)25/h2-11H,12-13H2,1H3,(H2,21,25). The Balaban J connectivity index is 1.66. The first kappa shape index (κ1) is 17.0. The summed E-state index contributed by atoms with van der Waals surface area (Å²) >= 11 is 5.21. The highest BCUT2D eigenvalue weighted by Crippen LogP contribution is 2.28. The minimum Gasteiger partial charge on any atom is -0.497 e. The molecule has 0 aliphatic heterocycles. The van der Waals surface area contributed by atoms with E-state index in [1.807, 2.05) is 60.7 Å². The van der Waals surface area contributed by atoms with Gasteiger partial charge >= 0.3 is 0 Å². The van der Waals surface area contributed by atoms with E-state index in [9.17, 15) is 0 Å². The Labute approximate surface area is 152 Å². The van der Waals surface area contributed by atoms with Crippen molar-refractivity contribution in [1.29, 1.82) is 0 Å². The second-order valence-electron chi connectivity index (χ2n) is 5.40. The number of nitrogens with two attached hydrogens (primary N) is 1. The van der Waals surface area contributed by atoms with Gasteiger partial charge in [0.15, 0.2) is 0 Å². The molecule has 0 saturated carbocycles. The summed E-state index contributed by atoms with van der Waals surface area (Å²) in [5.74, 6) is 2.22. The van der Waals surface area contributed by atoms with Crippen molar-refractivity contribution >= 4 is 28.0 Å². The Kier molecular flexibility index (Phi) is 5.36. The normalized spacial score (nSPS) is 10.4. The Morgan fingerprint density at radius 1 is 0.880 bits per heavy atom. The van der Waals surface area contributed by atoms with Crippen molar-refractivity contribution in [1.82, 2.24) is 0 Å². The van der Waals surface area contributed by atoms with E-state index < -0.39 is 0 Å². The zero-order chi connectivity index (χ0) is 17.6. The average Bonchev–Trinajstić information content (AvgIpc) is 2.65. The predicted octanol–water partition coefficient (Wildman–Crippen LogP) is 3.94. The third kappa shape index (κ3) is 4.00. The summed E-state index contributed by atoms with van der Waals surface area (Å²) in [7, 11) is 1.63. The molecule has 0 saturated heterocycles. The largest absolute Gasteiger partial charge is 0.497 e. The number of rotatable bonds is 7. The van der Waals surface area contributed by atoms with Crippen LogP contribution >= 0.6 is 12.2 Å². The first-order chi connectivity index (χ1) is 12.2. The van der Waals surface area contributed by atoms with Gasteiger partial charge in [-0.25, -0.2) is 0 Å². The zero-order valence-corrected chi connectivity index (χ0v) is 14.7. The van der Waals surface area contributed by atoms with Crippen LogP contribution in [0.4, 0.5) is 0 Å². The van der Waals surface area contributed by atoms with Crippen LogP contribution in [-0.4, -0.2) is 25.3 Å². The van der Waals surface area contributed by atoms with Gasteiger partial charge in [0, 0.05) is 0 Å². The predicted molar refractivity (Wildman–Crippen MR) is 104 cm³/mol. The van der Waals surface area contributed by atoms with Gasteiger partial charge in [-0.3, -0.25) is 0 Å². The molecule has 0 aliphatic carbocycles. The summed E-state index contributed by atoms with van der Waals surface area (Å²) in [4.78, 5) is 0.322. The highest BCUT2D eigenvalue weighted by molar-refractivity contribution is 7.80. The lowest BCUT2D eigenvalue weighted by Gasteiger charge is -2.14. The fourth-order valence-electron chi connectivity index (χ4n) is 2.61. The molecule has 25 heavy (non-hydrogen) atoms. The maximum Gasteiger partial charge on any atom is 0.130 e. The average molecular weight is 353 g/mol. The third-order valence-electron chi connectivity index (χ3n) is 3.81. The summed E-state index contributed by atoms with van der Waals surface area (Å²) in [6.07, 6.45) is 0. The Morgan fingerprint density at radius 3 is 2.28 bits per heavy atom. The number of methoxy groups -OCH3 is 1. The SMILES string of the molecule is COc1ccc(OCCOc2ccc3ccccc3c2C(N)=S)cc1. The molecule has 0 heterocycles. The highest BCUT2D eigenvalue weighted by Gasteiger charge is 2.11. The molecule has 0 aliphatic rings. The molecule has 3 aromatic carbocycles. The molecular formula is C20H19NO3S. The molecule has 0 atom stereocenters. The summed E-state index contributed by atoms with van der Waals surface area (Å²) < 4.78 is 16.6. The topological polar surface area (TPSA) is 53.7 Å². The lowest BCUT2D eigenvalue weighted by molar-refractivity contribution is 0.217. The van der Waals surface area contributed by atoms with Crippen molar-refractivity contribution in [2.75, 3.05) is 20.3 Å². The molecule has 4 nitrogen and oxygen atoms in total. The van der Waals surface area contributed by atoms with Crippen molar-refractivity contribution in [2.45, 2.75) is 0 Å². The van der Waals surface area contributed by atoms with Gasteiger partial charge in [-0.2, -0.15) is 0 Å². The molecule has 0 radical (unpaired) electrons. The van der Waals surface area contributed by atoms with E-state index in [1.54, 1.807) is 7.11 Å². The van der Waals surface area contributed by atoms with Crippen molar-refractivity contribution in [2.24, 2.45) is 5.73 Å². The van der Waals surface area contributed by atoms with E-state index in [0.29, 0.717) is 24.0 Å². The monoisotopic (exact) mass is 353 g/mol. The molecule has 3 rings (SSSR count). The first-order valence-electron chi connectivity index (χ1n) is 7.90. The molecule has 5 heteroatoms. The van der Waals surface area contributed by atoms with E-state index in [2.05, 4.69) is 0 Å². The highest BCUT2D eigenvalue weighted by atomic mass is 32.1. The van der Waals surface area contributed by atoms with E-state index in [1.165, 1.54) is 0 Å². The maximum absolute atomic E-state index is 5.91. The van der Waals surface area contributed by atoms with Crippen LogP contribution in [0.1, 0.15) is 5.56 Å². The smallest absolute Gasteiger partial charge is 0.130 e. The Hall–Kier alpha value is -2.79. The number of fused-ring (bicyclic) bond motifs is 1. The summed E-state index contributed by atoms with van der Waals surface area (Å²) in [5, 5.41) is 2.07. The molecular weight excluding hydrogens is 334 g/mol. The van der Waals surface area contributed by atoms with Gasteiger partial charge in [0.25, 0.3) is 0 Å². The fourth-order valence-corrected chi connectivity index (χ4v) is 2.82. The zero-order valence-electron chi connectivity index (χ0n) is 13.9. The molecule has 0 spiro atoms. The number of benzene rings is 3. The second kappa shape index (κ2) is 7.85. The Bertz CT molecular complexity index is 878. The number of hydrogen-bond acceptors (Lipinski definition) is 4. The van der Waals surface area contributed by atoms with Gasteiger partial charge in [-0.05, 0) is 41.1 Å².